The van der Waals surface area contributed by atoms with E-state index in [0.717, 1.165) is 0 Å². The van der Waals surface area contributed by atoms with E-state index in [1.807, 2.05) is 6.07 Å². The van der Waals surface area contributed by atoms with Crippen molar-refractivity contribution in [2.75, 3.05) is 6.54 Å². The van der Waals surface area contributed by atoms with Crippen LogP contribution < -0.4 is 0 Å². The fraction of sp³-hybridized carbons (Fsp3) is 0.364. The number of nitriles is 1. The van der Waals surface area contributed by atoms with Gasteiger partial charge in [-0.1, -0.05) is 13.2 Å². The molecule has 1 aliphatic heterocycles. The minimum Gasteiger partial charge on any atom is -0.513 e. The van der Waals surface area contributed by atoms with E-state index in [0.29, 0.717) is 18.5 Å². The molecule has 4 heteroatoms. The van der Waals surface area contributed by atoms with Crippen molar-refractivity contribution in [1.82, 2.24) is 4.90 Å². The summed E-state index contributed by atoms with van der Waals surface area (Å²) in [6.07, 6.45) is 0.625. The number of hydrogen-bond acceptors (Lipinski definition) is 4. The first-order chi connectivity index (χ1) is 6.99. The lowest BCUT2D eigenvalue weighted by molar-refractivity contribution is 0.190. The number of likely N-dealkylation sites (tertiary alicyclic amines) is 1. The highest BCUT2D eigenvalue weighted by atomic mass is 16.3. The quantitative estimate of drug-likeness (QED) is 0.546. The summed E-state index contributed by atoms with van der Waals surface area (Å²) in [6.45, 7) is 11.0. The van der Waals surface area contributed by atoms with Gasteiger partial charge >= 0.3 is 0 Å². The number of aliphatic hydroxyl groups is 2. The molecule has 0 aliphatic carbocycles. The van der Waals surface area contributed by atoms with E-state index in [2.05, 4.69) is 19.7 Å². The lowest BCUT2D eigenvalue weighted by Crippen LogP contribution is -2.33. The SMILES string of the molecule is C=C(O)C1CCN(C(=C)O)C1C(=C)C#N. The molecule has 0 aromatic carbocycles. The third-order valence-corrected chi connectivity index (χ3v) is 2.66. The molecule has 1 aliphatic rings. The van der Waals surface area contributed by atoms with Gasteiger partial charge in [0.15, 0.2) is 5.88 Å². The zero-order chi connectivity index (χ0) is 11.6. The summed E-state index contributed by atoms with van der Waals surface area (Å²) in [4.78, 5) is 1.55. The first kappa shape index (κ1) is 11.2. The normalized spacial score (nSPS) is 24.6. The molecule has 1 saturated heterocycles. The first-order valence-corrected chi connectivity index (χ1v) is 4.60. The van der Waals surface area contributed by atoms with Gasteiger partial charge in [-0.3, -0.25) is 0 Å². The van der Waals surface area contributed by atoms with E-state index < -0.39 is 6.04 Å². The summed E-state index contributed by atoms with van der Waals surface area (Å²) in [5, 5.41) is 27.5. The van der Waals surface area contributed by atoms with Gasteiger partial charge in [0.2, 0.25) is 0 Å². The highest BCUT2D eigenvalue weighted by Crippen LogP contribution is 2.33. The van der Waals surface area contributed by atoms with Gasteiger partial charge in [-0.15, -0.1) is 0 Å². The van der Waals surface area contributed by atoms with Crippen LogP contribution >= 0.6 is 0 Å². The predicted molar refractivity (Wildman–Crippen MR) is 56.9 cm³/mol. The second-order valence-electron chi connectivity index (χ2n) is 3.58. The van der Waals surface area contributed by atoms with Gasteiger partial charge in [0, 0.05) is 18.0 Å². The molecule has 0 aromatic rings. The predicted octanol–water partition coefficient (Wildman–Crippen LogP) is 1.86. The summed E-state index contributed by atoms with van der Waals surface area (Å²) in [5.41, 5.74) is 0.294. The maximum atomic E-state index is 9.38. The topological polar surface area (TPSA) is 67.5 Å². The Morgan fingerprint density at radius 3 is 2.33 bits per heavy atom. The molecule has 1 heterocycles. The second kappa shape index (κ2) is 4.09. The average Bonchev–Trinajstić information content (AvgIpc) is 2.60. The van der Waals surface area contributed by atoms with Gasteiger partial charge in [0.25, 0.3) is 0 Å². The summed E-state index contributed by atoms with van der Waals surface area (Å²) >= 11 is 0. The minimum absolute atomic E-state index is 0.0140. The van der Waals surface area contributed by atoms with Crippen molar-refractivity contribution in [3.05, 3.63) is 37.0 Å². The molecule has 1 rings (SSSR count). The smallest absolute Gasteiger partial charge is 0.179 e. The van der Waals surface area contributed by atoms with Crippen LogP contribution in [0.25, 0.3) is 0 Å². The minimum atomic E-state index is -0.426. The molecule has 0 saturated carbocycles. The van der Waals surface area contributed by atoms with Crippen molar-refractivity contribution in [1.29, 1.82) is 5.26 Å². The van der Waals surface area contributed by atoms with Crippen LogP contribution in [0.5, 0.6) is 0 Å². The fourth-order valence-corrected chi connectivity index (χ4v) is 1.93. The molecular formula is C11H14N2O2. The zero-order valence-electron chi connectivity index (χ0n) is 8.48. The molecule has 80 valence electrons. The lowest BCUT2D eigenvalue weighted by Gasteiger charge is -2.27. The fourth-order valence-electron chi connectivity index (χ4n) is 1.93. The Labute approximate surface area is 89.1 Å². The summed E-state index contributed by atoms with van der Waals surface area (Å²) in [7, 11) is 0. The largest absolute Gasteiger partial charge is 0.513 e. The maximum Gasteiger partial charge on any atom is 0.179 e. The molecule has 1 fully saturated rings. The van der Waals surface area contributed by atoms with Crippen molar-refractivity contribution in [2.45, 2.75) is 12.5 Å². The number of nitrogens with zero attached hydrogens (tertiary/aromatic N) is 2. The summed E-state index contributed by atoms with van der Waals surface area (Å²) in [5.74, 6) is -0.360. The van der Waals surface area contributed by atoms with Crippen LogP contribution in [-0.4, -0.2) is 27.7 Å². The Morgan fingerprint density at radius 1 is 1.33 bits per heavy atom. The van der Waals surface area contributed by atoms with Crippen LogP contribution in [0.4, 0.5) is 0 Å². The van der Waals surface area contributed by atoms with E-state index in [1.54, 1.807) is 4.90 Å². The van der Waals surface area contributed by atoms with Crippen LogP contribution in [0, 0.1) is 17.2 Å². The van der Waals surface area contributed by atoms with Crippen molar-refractivity contribution in [3.8, 4) is 6.07 Å². The Bertz CT molecular complexity index is 332. The first-order valence-electron chi connectivity index (χ1n) is 4.60. The van der Waals surface area contributed by atoms with Gasteiger partial charge < -0.3 is 15.1 Å². The Kier molecular flexibility index (Phi) is 3.05. The molecule has 0 amide bonds. The van der Waals surface area contributed by atoms with Gasteiger partial charge in [0.1, 0.15) is 0 Å². The number of rotatable bonds is 3. The van der Waals surface area contributed by atoms with Crippen LogP contribution in [0.1, 0.15) is 6.42 Å². The Morgan fingerprint density at radius 2 is 1.93 bits per heavy atom. The summed E-state index contributed by atoms with van der Waals surface area (Å²) in [6, 6.07) is 1.51. The molecule has 15 heavy (non-hydrogen) atoms. The zero-order valence-corrected chi connectivity index (χ0v) is 8.48. The van der Waals surface area contributed by atoms with Gasteiger partial charge in [-0.25, -0.2) is 0 Å². The standard InChI is InChI=1S/C11H14N2O2/c1-7(6-12)11-10(8(2)14)4-5-13(11)9(3)15/h10-11,14-15H,1-5H2. The monoisotopic (exact) mass is 206 g/mol. The molecule has 0 radical (unpaired) electrons. The number of hydrogen-bond donors (Lipinski definition) is 2. The van der Waals surface area contributed by atoms with Crippen molar-refractivity contribution in [3.63, 3.8) is 0 Å². The van der Waals surface area contributed by atoms with E-state index >= 15 is 0 Å². The van der Waals surface area contributed by atoms with Crippen molar-refractivity contribution in [2.24, 2.45) is 5.92 Å². The number of aliphatic hydroxyl groups excluding tert-OH is 2. The lowest BCUT2D eigenvalue weighted by atomic mass is 9.94. The van der Waals surface area contributed by atoms with Crippen LogP contribution in [0.2, 0.25) is 0 Å². The van der Waals surface area contributed by atoms with Gasteiger partial charge in [0.05, 0.1) is 17.9 Å². The second-order valence-corrected chi connectivity index (χ2v) is 3.58. The van der Waals surface area contributed by atoms with Crippen molar-refractivity contribution >= 4 is 0 Å². The van der Waals surface area contributed by atoms with E-state index in [1.165, 1.54) is 0 Å². The molecular weight excluding hydrogens is 192 g/mol. The molecule has 2 unspecified atom stereocenters. The third kappa shape index (κ3) is 1.96. The molecule has 0 spiro atoms. The van der Waals surface area contributed by atoms with E-state index in [9.17, 15) is 10.2 Å². The maximum absolute atomic E-state index is 9.38. The Hall–Kier alpha value is -1.89. The van der Waals surface area contributed by atoms with Crippen LogP contribution in [0.3, 0.4) is 0 Å². The molecule has 4 nitrogen and oxygen atoms in total. The molecule has 2 atom stereocenters. The summed E-state index contributed by atoms with van der Waals surface area (Å²) < 4.78 is 0. The van der Waals surface area contributed by atoms with Gasteiger partial charge in [-0.2, -0.15) is 5.26 Å². The van der Waals surface area contributed by atoms with Crippen molar-refractivity contribution < 1.29 is 10.2 Å². The average molecular weight is 206 g/mol. The van der Waals surface area contributed by atoms with E-state index in [-0.39, 0.29) is 17.6 Å². The third-order valence-electron chi connectivity index (χ3n) is 2.66. The highest BCUT2D eigenvalue weighted by molar-refractivity contribution is 5.29. The molecule has 0 aromatic heterocycles. The van der Waals surface area contributed by atoms with E-state index in [4.69, 9.17) is 5.26 Å². The Balaban J connectivity index is 2.98. The van der Waals surface area contributed by atoms with Crippen LogP contribution in [-0.2, 0) is 0 Å². The highest BCUT2D eigenvalue weighted by Gasteiger charge is 2.38. The van der Waals surface area contributed by atoms with Crippen LogP contribution in [0.15, 0.2) is 37.0 Å². The van der Waals surface area contributed by atoms with Gasteiger partial charge in [-0.05, 0) is 13.0 Å². The molecule has 0 bridgehead atoms. The molecule has 2 N–H and O–H groups in total.